The van der Waals surface area contributed by atoms with Crippen LogP contribution in [0.5, 0.6) is 34.5 Å². The zero-order valence-electron chi connectivity index (χ0n) is 22.7. The number of ether oxygens (including phenoxy) is 7. The molecule has 1 heterocycles. The molecule has 1 fully saturated rings. The SMILES string of the molecule is COc1cc(CC(COC2CC(O)CC(CO)O2)Oc2c(OC)cc(/C=C/CO)cc2OC)cc(OC)c1O. The minimum atomic E-state index is -0.740. The maximum Gasteiger partial charge on any atom is 0.203 e. The number of phenolic OH excluding ortho intramolecular Hbond substituents is 1. The Morgan fingerprint density at radius 2 is 1.54 bits per heavy atom. The summed E-state index contributed by atoms with van der Waals surface area (Å²) < 4.78 is 39.9. The molecule has 2 aromatic rings. The Labute approximate surface area is 228 Å². The lowest BCUT2D eigenvalue weighted by Gasteiger charge is -2.33. The van der Waals surface area contributed by atoms with Gasteiger partial charge in [0.05, 0.1) is 60.5 Å². The van der Waals surface area contributed by atoms with Gasteiger partial charge >= 0.3 is 0 Å². The minimum absolute atomic E-state index is 0.0412. The smallest absolute Gasteiger partial charge is 0.203 e. The highest BCUT2D eigenvalue weighted by atomic mass is 16.7. The summed E-state index contributed by atoms with van der Waals surface area (Å²) in [5.74, 6) is 1.51. The van der Waals surface area contributed by atoms with E-state index in [0.717, 1.165) is 11.1 Å². The Balaban J connectivity index is 1.93. The van der Waals surface area contributed by atoms with Gasteiger partial charge in [0.25, 0.3) is 0 Å². The summed E-state index contributed by atoms with van der Waals surface area (Å²) in [5.41, 5.74) is 1.47. The molecule has 0 amide bonds. The molecule has 39 heavy (non-hydrogen) atoms. The summed E-state index contributed by atoms with van der Waals surface area (Å²) in [6.45, 7) is -0.300. The lowest BCUT2D eigenvalue weighted by atomic mass is 10.1. The maximum atomic E-state index is 10.3. The zero-order valence-corrected chi connectivity index (χ0v) is 22.7. The van der Waals surface area contributed by atoms with E-state index in [2.05, 4.69) is 0 Å². The lowest BCUT2D eigenvalue weighted by molar-refractivity contribution is -0.227. The van der Waals surface area contributed by atoms with E-state index in [0.29, 0.717) is 30.1 Å². The van der Waals surface area contributed by atoms with E-state index in [9.17, 15) is 15.3 Å². The van der Waals surface area contributed by atoms with Gasteiger partial charge in [0, 0.05) is 19.3 Å². The van der Waals surface area contributed by atoms with Crippen molar-refractivity contribution in [3.8, 4) is 34.5 Å². The zero-order chi connectivity index (χ0) is 28.4. The van der Waals surface area contributed by atoms with E-state index < -0.39 is 24.6 Å². The summed E-state index contributed by atoms with van der Waals surface area (Å²) in [7, 11) is 5.91. The number of hydrogen-bond donors (Lipinski definition) is 4. The van der Waals surface area contributed by atoms with Gasteiger partial charge in [-0.05, 0) is 35.4 Å². The fourth-order valence-corrected chi connectivity index (χ4v) is 4.32. The summed E-state index contributed by atoms with van der Waals surface area (Å²) in [5, 5.41) is 39.1. The van der Waals surface area contributed by atoms with Gasteiger partial charge in [0.15, 0.2) is 29.3 Å². The van der Waals surface area contributed by atoms with E-state index in [4.69, 9.17) is 38.3 Å². The molecule has 1 saturated heterocycles. The van der Waals surface area contributed by atoms with Crippen LogP contribution in [0.3, 0.4) is 0 Å². The number of phenols is 1. The summed E-state index contributed by atoms with van der Waals surface area (Å²) in [4.78, 5) is 0. The largest absolute Gasteiger partial charge is 0.502 e. The van der Waals surface area contributed by atoms with Crippen molar-refractivity contribution in [2.75, 3.05) is 48.3 Å². The van der Waals surface area contributed by atoms with Gasteiger partial charge in [-0.25, -0.2) is 0 Å². The van der Waals surface area contributed by atoms with Crippen molar-refractivity contribution in [1.82, 2.24) is 0 Å². The number of benzene rings is 2. The van der Waals surface area contributed by atoms with Crippen LogP contribution in [0.2, 0.25) is 0 Å². The second kappa shape index (κ2) is 14.8. The first-order chi connectivity index (χ1) is 18.8. The highest BCUT2D eigenvalue weighted by Crippen LogP contribution is 2.41. The van der Waals surface area contributed by atoms with Crippen LogP contribution < -0.4 is 23.7 Å². The van der Waals surface area contributed by atoms with Crippen molar-refractivity contribution in [1.29, 1.82) is 0 Å². The molecule has 4 unspecified atom stereocenters. The van der Waals surface area contributed by atoms with Crippen molar-refractivity contribution in [3.63, 3.8) is 0 Å². The van der Waals surface area contributed by atoms with Crippen LogP contribution in [0, 0.1) is 0 Å². The third-order valence-corrected chi connectivity index (χ3v) is 6.20. The first-order valence-corrected chi connectivity index (χ1v) is 12.6. The van der Waals surface area contributed by atoms with Gasteiger partial charge in [0.1, 0.15) is 6.10 Å². The molecule has 0 radical (unpaired) electrons. The molecular formula is C28H38O11. The molecule has 2 aromatic carbocycles. The predicted octanol–water partition coefficient (Wildman–Crippen LogP) is 2.30. The molecule has 1 aliphatic rings. The second-order valence-corrected chi connectivity index (χ2v) is 8.96. The molecule has 0 aliphatic carbocycles. The monoisotopic (exact) mass is 550 g/mol. The average Bonchev–Trinajstić information content (AvgIpc) is 2.95. The van der Waals surface area contributed by atoms with Crippen LogP contribution in [-0.2, 0) is 15.9 Å². The van der Waals surface area contributed by atoms with Crippen molar-refractivity contribution in [2.45, 2.75) is 43.9 Å². The Morgan fingerprint density at radius 3 is 2.08 bits per heavy atom. The highest BCUT2D eigenvalue weighted by Gasteiger charge is 2.30. The van der Waals surface area contributed by atoms with Crippen molar-refractivity contribution >= 4 is 6.08 Å². The number of hydrogen-bond acceptors (Lipinski definition) is 11. The summed E-state index contributed by atoms with van der Waals surface area (Å²) in [6, 6.07) is 6.85. The quantitative estimate of drug-likeness (QED) is 0.275. The van der Waals surface area contributed by atoms with E-state index >= 15 is 0 Å². The molecule has 11 nitrogen and oxygen atoms in total. The number of aromatic hydroxyl groups is 1. The summed E-state index contributed by atoms with van der Waals surface area (Å²) in [6.07, 6.45) is 1.65. The van der Waals surface area contributed by atoms with Crippen LogP contribution in [0.4, 0.5) is 0 Å². The molecule has 0 spiro atoms. The molecule has 0 bridgehead atoms. The van der Waals surface area contributed by atoms with Crippen LogP contribution in [0.1, 0.15) is 24.0 Å². The third kappa shape index (κ3) is 8.13. The van der Waals surface area contributed by atoms with Crippen molar-refractivity contribution in [3.05, 3.63) is 41.5 Å². The van der Waals surface area contributed by atoms with Gasteiger partial charge in [-0.3, -0.25) is 0 Å². The maximum absolute atomic E-state index is 10.3. The first-order valence-electron chi connectivity index (χ1n) is 12.6. The van der Waals surface area contributed by atoms with E-state index in [-0.39, 0.29) is 43.5 Å². The third-order valence-electron chi connectivity index (χ3n) is 6.20. The standard InChI is InChI=1S/C28H38O11/c1-33-22-11-18(12-23(34-2)27(22)32)8-21(16-37-26-14-19(31)13-20(15-30)38-26)39-28-24(35-3)9-17(6-5-7-29)10-25(28)36-4/h5-6,9-12,19-21,26,29-32H,7-8,13-16H2,1-4H3/b6-5+. The minimum Gasteiger partial charge on any atom is -0.502 e. The average molecular weight is 551 g/mol. The van der Waals surface area contributed by atoms with E-state index in [1.165, 1.54) is 28.4 Å². The van der Waals surface area contributed by atoms with Crippen LogP contribution in [0.25, 0.3) is 6.08 Å². The van der Waals surface area contributed by atoms with Crippen LogP contribution in [0.15, 0.2) is 30.3 Å². The molecule has 1 aliphatic heterocycles. The van der Waals surface area contributed by atoms with Crippen molar-refractivity contribution in [2.24, 2.45) is 0 Å². The Kier molecular flexibility index (Phi) is 11.5. The van der Waals surface area contributed by atoms with E-state index in [1.807, 2.05) is 0 Å². The van der Waals surface area contributed by atoms with Crippen LogP contribution >= 0.6 is 0 Å². The van der Waals surface area contributed by atoms with Crippen molar-refractivity contribution < 1.29 is 53.6 Å². The first kappa shape index (κ1) is 30.3. The molecule has 216 valence electrons. The molecule has 0 aromatic heterocycles. The fourth-order valence-electron chi connectivity index (χ4n) is 4.32. The molecule has 0 saturated carbocycles. The van der Waals surface area contributed by atoms with Gasteiger partial charge < -0.3 is 53.6 Å². The van der Waals surface area contributed by atoms with Gasteiger partial charge in [-0.2, -0.15) is 0 Å². The number of rotatable bonds is 14. The predicted molar refractivity (Wildman–Crippen MR) is 142 cm³/mol. The Bertz CT molecular complexity index is 1040. The molecule has 4 N–H and O–H groups in total. The van der Waals surface area contributed by atoms with Crippen LogP contribution in [-0.4, -0.2) is 93.3 Å². The number of methoxy groups -OCH3 is 4. The highest BCUT2D eigenvalue weighted by molar-refractivity contribution is 5.62. The molecule has 4 atom stereocenters. The Morgan fingerprint density at radius 1 is 0.923 bits per heavy atom. The molecule has 11 heteroatoms. The molecule has 3 rings (SSSR count). The fraction of sp³-hybridized carbons (Fsp3) is 0.500. The van der Waals surface area contributed by atoms with E-state index in [1.54, 1.807) is 36.4 Å². The summed E-state index contributed by atoms with van der Waals surface area (Å²) >= 11 is 0. The molecular weight excluding hydrogens is 512 g/mol. The van der Waals surface area contributed by atoms with Gasteiger partial charge in [-0.1, -0.05) is 12.2 Å². The topological polar surface area (TPSA) is 146 Å². The number of aliphatic hydroxyl groups excluding tert-OH is 3. The normalized spacial score (nSPS) is 20.0. The van der Waals surface area contributed by atoms with Gasteiger partial charge in [0.2, 0.25) is 11.5 Å². The second-order valence-electron chi connectivity index (χ2n) is 8.96. The number of aliphatic hydroxyl groups is 3. The lowest BCUT2D eigenvalue weighted by Crippen LogP contribution is -2.40. The Hall–Kier alpha value is -3.22. The van der Waals surface area contributed by atoms with Gasteiger partial charge in [-0.15, -0.1) is 0 Å².